The van der Waals surface area contributed by atoms with Gasteiger partial charge in [-0.25, -0.2) is 14.2 Å². The van der Waals surface area contributed by atoms with Crippen molar-refractivity contribution < 1.29 is 18.7 Å². The monoisotopic (exact) mass is 449 g/mol. The number of halogens is 1. The molecule has 2 N–H and O–H groups in total. The van der Waals surface area contributed by atoms with Gasteiger partial charge < -0.3 is 25.2 Å². The van der Waals surface area contributed by atoms with Crippen molar-refractivity contribution in [1.29, 1.82) is 0 Å². The van der Waals surface area contributed by atoms with Crippen LogP contribution in [0.1, 0.15) is 39.2 Å². The highest BCUT2D eigenvalue weighted by molar-refractivity contribution is 5.85. The number of ether oxygens (including phenoxy) is 1. The molecule has 1 heterocycles. The van der Waals surface area contributed by atoms with E-state index in [1.54, 1.807) is 32.0 Å². The van der Waals surface area contributed by atoms with E-state index in [4.69, 9.17) is 4.74 Å². The Morgan fingerprint density at radius 2 is 1.97 bits per heavy atom. The molecule has 0 radical (unpaired) electrons. The zero-order chi connectivity index (χ0) is 23.7. The third-order valence-electron chi connectivity index (χ3n) is 5.54. The van der Waals surface area contributed by atoms with Crippen LogP contribution in [0.15, 0.2) is 29.3 Å². The van der Waals surface area contributed by atoms with Crippen LogP contribution < -0.4 is 10.6 Å². The molecule has 9 heteroatoms. The topological polar surface area (TPSA) is 86.3 Å². The minimum absolute atomic E-state index is 0.0183. The summed E-state index contributed by atoms with van der Waals surface area (Å²) >= 11 is 0. The molecule has 0 aliphatic carbocycles. The number of likely N-dealkylation sites (N-methyl/N-ethyl adjacent to an activating group) is 1. The molecule has 32 heavy (non-hydrogen) atoms. The average molecular weight is 450 g/mol. The molecule has 0 saturated carbocycles. The van der Waals surface area contributed by atoms with E-state index in [-0.39, 0.29) is 35.8 Å². The molecular formula is C23H36FN5O3. The summed E-state index contributed by atoms with van der Waals surface area (Å²) in [5.41, 5.74) is 0.514. The van der Waals surface area contributed by atoms with E-state index in [2.05, 4.69) is 15.6 Å². The fraction of sp³-hybridized carbons (Fsp3) is 0.609. The molecule has 1 saturated heterocycles. The summed E-state index contributed by atoms with van der Waals surface area (Å²) in [5.74, 6) is 0.152. The summed E-state index contributed by atoms with van der Waals surface area (Å²) < 4.78 is 18.8. The van der Waals surface area contributed by atoms with Crippen molar-refractivity contribution in [3.63, 3.8) is 0 Å². The first kappa shape index (κ1) is 25.4. The van der Waals surface area contributed by atoms with Crippen LogP contribution in [0.5, 0.6) is 0 Å². The van der Waals surface area contributed by atoms with Crippen LogP contribution in [-0.2, 0) is 14.9 Å². The van der Waals surface area contributed by atoms with Crippen LogP contribution in [0.2, 0.25) is 0 Å². The molecule has 2 rings (SSSR count). The Hall–Kier alpha value is -2.84. The standard InChI is InChI=1S/C23H36FN5O3/c1-6-32-22(31)29-12-10-19(11-13-29)27-21(25-15-20(30)28(4)5)26-16-23(2,3)17-8-7-9-18(24)14-17/h7-9,14,19H,6,10-13,15-16H2,1-5H3,(H2,25,26,27). The van der Waals surface area contributed by atoms with Crippen molar-refractivity contribution >= 4 is 18.0 Å². The Bertz CT molecular complexity index is 805. The van der Waals surface area contributed by atoms with Crippen LogP contribution in [0, 0.1) is 5.82 Å². The lowest BCUT2D eigenvalue weighted by Gasteiger charge is -2.33. The number of likely N-dealkylation sites (tertiary alicyclic amines) is 1. The lowest BCUT2D eigenvalue weighted by molar-refractivity contribution is -0.127. The van der Waals surface area contributed by atoms with Gasteiger partial charge in [0.1, 0.15) is 12.4 Å². The van der Waals surface area contributed by atoms with E-state index < -0.39 is 0 Å². The molecule has 1 aromatic rings. The van der Waals surface area contributed by atoms with Gasteiger partial charge in [0, 0.05) is 45.2 Å². The molecule has 0 atom stereocenters. The molecule has 1 aromatic carbocycles. The van der Waals surface area contributed by atoms with Crippen molar-refractivity contribution in [3.8, 4) is 0 Å². The number of hydrogen-bond acceptors (Lipinski definition) is 4. The number of benzene rings is 1. The van der Waals surface area contributed by atoms with Crippen LogP contribution in [0.25, 0.3) is 0 Å². The fourth-order valence-electron chi connectivity index (χ4n) is 3.37. The predicted octanol–water partition coefficient (Wildman–Crippen LogP) is 2.35. The molecule has 178 valence electrons. The van der Waals surface area contributed by atoms with Crippen molar-refractivity contribution in [3.05, 3.63) is 35.6 Å². The molecular weight excluding hydrogens is 413 g/mol. The number of piperidine rings is 1. The number of rotatable bonds is 7. The van der Waals surface area contributed by atoms with E-state index in [9.17, 15) is 14.0 Å². The number of nitrogens with zero attached hydrogens (tertiary/aromatic N) is 3. The Labute approximate surface area is 190 Å². The van der Waals surface area contributed by atoms with Gasteiger partial charge in [0.2, 0.25) is 5.91 Å². The lowest BCUT2D eigenvalue weighted by atomic mass is 9.84. The molecule has 0 spiro atoms. The maximum Gasteiger partial charge on any atom is 0.409 e. The van der Waals surface area contributed by atoms with Crippen molar-refractivity contribution in [2.45, 2.75) is 45.1 Å². The largest absolute Gasteiger partial charge is 0.450 e. The van der Waals surface area contributed by atoms with Crippen LogP contribution in [0.3, 0.4) is 0 Å². The minimum Gasteiger partial charge on any atom is -0.450 e. The predicted molar refractivity (Wildman–Crippen MR) is 123 cm³/mol. The van der Waals surface area contributed by atoms with Gasteiger partial charge in [-0.3, -0.25) is 4.79 Å². The van der Waals surface area contributed by atoms with Crippen molar-refractivity contribution in [1.82, 2.24) is 20.4 Å². The van der Waals surface area contributed by atoms with Gasteiger partial charge in [-0.15, -0.1) is 0 Å². The first-order valence-electron chi connectivity index (χ1n) is 11.0. The minimum atomic E-state index is -0.358. The Morgan fingerprint density at radius 1 is 1.28 bits per heavy atom. The van der Waals surface area contributed by atoms with Gasteiger partial charge in [-0.05, 0) is 37.5 Å². The second-order valence-corrected chi connectivity index (χ2v) is 8.81. The van der Waals surface area contributed by atoms with E-state index in [1.165, 1.54) is 17.0 Å². The van der Waals surface area contributed by atoms with Gasteiger partial charge in [0.25, 0.3) is 0 Å². The van der Waals surface area contributed by atoms with E-state index in [0.29, 0.717) is 32.2 Å². The Kier molecular flexibility index (Phi) is 9.28. The summed E-state index contributed by atoms with van der Waals surface area (Å²) in [4.78, 5) is 31.6. The number of hydrogen-bond donors (Lipinski definition) is 2. The number of carbonyl (C=O) groups is 2. The highest BCUT2D eigenvalue weighted by Gasteiger charge is 2.26. The molecule has 1 fully saturated rings. The SMILES string of the molecule is CCOC(=O)N1CCC(NC(=NCC(=O)N(C)C)NCC(C)(C)c2cccc(F)c2)CC1. The van der Waals surface area contributed by atoms with E-state index >= 15 is 0 Å². The Morgan fingerprint density at radius 3 is 2.56 bits per heavy atom. The summed E-state index contributed by atoms with van der Waals surface area (Å²) in [5, 5.41) is 6.71. The van der Waals surface area contributed by atoms with Crippen molar-refractivity contribution in [2.75, 3.05) is 46.9 Å². The molecule has 8 nitrogen and oxygen atoms in total. The van der Waals surface area contributed by atoms with E-state index in [0.717, 1.165) is 18.4 Å². The van der Waals surface area contributed by atoms with Crippen molar-refractivity contribution in [2.24, 2.45) is 4.99 Å². The second-order valence-electron chi connectivity index (χ2n) is 8.81. The molecule has 0 aromatic heterocycles. The quantitative estimate of drug-likeness (QED) is 0.493. The zero-order valence-corrected chi connectivity index (χ0v) is 19.8. The first-order chi connectivity index (χ1) is 15.1. The molecule has 0 bridgehead atoms. The summed E-state index contributed by atoms with van der Waals surface area (Å²) in [7, 11) is 3.38. The molecule has 0 unspecified atom stereocenters. The van der Waals surface area contributed by atoms with Gasteiger partial charge in [-0.1, -0.05) is 26.0 Å². The zero-order valence-electron chi connectivity index (χ0n) is 19.8. The molecule has 1 aliphatic heterocycles. The van der Waals surface area contributed by atoms with Gasteiger partial charge in [0.05, 0.1) is 6.61 Å². The third-order valence-corrected chi connectivity index (χ3v) is 5.54. The smallest absolute Gasteiger partial charge is 0.409 e. The number of guanidine groups is 1. The van der Waals surface area contributed by atoms with Gasteiger partial charge in [-0.2, -0.15) is 0 Å². The maximum absolute atomic E-state index is 13.7. The highest BCUT2D eigenvalue weighted by Crippen LogP contribution is 2.23. The normalized spacial score (nSPS) is 15.3. The Balaban J connectivity index is 2.02. The average Bonchev–Trinajstić information content (AvgIpc) is 2.76. The number of aliphatic imine (C=N–C) groups is 1. The second kappa shape index (κ2) is 11.7. The molecule has 2 amide bonds. The van der Waals surface area contributed by atoms with Gasteiger partial charge in [0.15, 0.2) is 5.96 Å². The summed E-state index contributed by atoms with van der Waals surface area (Å²) in [6.07, 6.45) is 1.20. The maximum atomic E-state index is 13.7. The van der Waals surface area contributed by atoms with Crippen LogP contribution in [0.4, 0.5) is 9.18 Å². The third kappa shape index (κ3) is 7.69. The van der Waals surface area contributed by atoms with Crippen LogP contribution >= 0.6 is 0 Å². The van der Waals surface area contributed by atoms with Crippen LogP contribution in [-0.4, -0.2) is 80.7 Å². The van der Waals surface area contributed by atoms with E-state index in [1.807, 2.05) is 19.9 Å². The highest BCUT2D eigenvalue weighted by atomic mass is 19.1. The number of nitrogens with one attached hydrogen (secondary N) is 2. The molecule has 1 aliphatic rings. The fourth-order valence-corrected chi connectivity index (χ4v) is 3.37. The summed E-state index contributed by atoms with van der Waals surface area (Å²) in [6, 6.07) is 6.67. The summed E-state index contributed by atoms with van der Waals surface area (Å²) in [6.45, 7) is 7.90. The lowest BCUT2D eigenvalue weighted by Crippen LogP contribution is -2.51. The van der Waals surface area contributed by atoms with Gasteiger partial charge >= 0.3 is 6.09 Å². The number of carbonyl (C=O) groups excluding carboxylic acids is 2. The number of amides is 2. The first-order valence-corrected chi connectivity index (χ1v) is 11.0.